The summed E-state index contributed by atoms with van der Waals surface area (Å²) >= 11 is 1.35. The topological polar surface area (TPSA) is 49.4 Å². The SMILES string of the molecule is CC(NC(=O)C1CCCCN1C(=O)c1cccs1)c1ccc(F)c(F)c1. The highest BCUT2D eigenvalue weighted by molar-refractivity contribution is 7.12. The van der Waals surface area contributed by atoms with E-state index in [-0.39, 0.29) is 11.8 Å². The van der Waals surface area contributed by atoms with Crippen molar-refractivity contribution in [2.45, 2.75) is 38.3 Å². The number of halogens is 2. The quantitative estimate of drug-likeness (QED) is 0.877. The number of thiophene rings is 1. The molecule has 0 aliphatic carbocycles. The highest BCUT2D eigenvalue weighted by atomic mass is 32.1. The lowest BCUT2D eigenvalue weighted by Gasteiger charge is -2.35. The number of benzene rings is 1. The fraction of sp³-hybridized carbons (Fsp3) is 0.368. The van der Waals surface area contributed by atoms with Crippen molar-refractivity contribution in [3.05, 3.63) is 57.8 Å². The first kappa shape index (κ1) is 18.5. The van der Waals surface area contributed by atoms with Crippen LogP contribution in [0.2, 0.25) is 0 Å². The third kappa shape index (κ3) is 3.93. The number of likely N-dealkylation sites (tertiary alicyclic amines) is 1. The lowest BCUT2D eigenvalue weighted by molar-refractivity contribution is -0.127. The zero-order valence-corrected chi connectivity index (χ0v) is 15.2. The number of piperidine rings is 1. The normalized spacial score (nSPS) is 18.4. The van der Waals surface area contributed by atoms with Gasteiger partial charge in [-0.25, -0.2) is 8.78 Å². The van der Waals surface area contributed by atoms with E-state index >= 15 is 0 Å². The summed E-state index contributed by atoms with van der Waals surface area (Å²) in [6, 6.07) is 6.08. The van der Waals surface area contributed by atoms with Crippen molar-refractivity contribution in [3.63, 3.8) is 0 Å². The maximum atomic E-state index is 13.4. The molecule has 1 aliphatic heterocycles. The molecule has 26 heavy (non-hydrogen) atoms. The molecular weight excluding hydrogens is 358 g/mol. The number of rotatable bonds is 4. The van der Waals surface area contributed by atoms with Crippen LogP contribution in [-0.2, 0) is 4.79 Å². The summed E-state index contributed by atoms with van der Waals surface area (Å²) in [7, 11) is 0. The van der Waals surface area contributed by atoms with Crippen LogP contribution < -0.4 is 5.32 Å². The van der Waals surface area contributed by atoms with Crippen molar-refractivity contribution in [2.75, 3.05) is 6.54 Å². The Balaban J connectivity index is 1.72. The summed E-state index contributed by atoms with van der Waals surface area (Å²) in [4.78, 5) is 27.7. The van der Waals surface area contributed by atoms with Gasteiger partial charge in [-0.05, 0) is 55.3 Å². The Morgan fingerprint density at radius 1 is 1.23 bits per heavy atom. The van der Waals surface area contributed by atoms with Crippen molar-refractivity contribution >= 4 is 23.2 Å². The van der Waals surface area contributed by atoms with E-state index in [1.54, 1.807) is 17.9 Å². The fourth-order valence-electron chi connectivity index (χ4n) is 3.16. The molecule has 1 saturated heterocycles. The van der Waals surface area contributed by atoms with E-state index < -0.39 is 23.7 Å². The maximum Gasteiger partial charge on any atom is 0.264 e. The first-order chi connectivity index (χ1) is 12.5. The van der Waals surface area contributed by atoms with Crippen molar-refractivity contribution in [3.8, 4) is 0 Å². The van der Waals surface area contributed by atoms with Gasteiger partial charge in [-0.2, -0.15) is 0 Å². The first-order valence-corrected chi connectivity index (χ1v) is 9.45. The summed E-state index contributed by atoms with van der Waals surface area (Å²) in [5, 5.41) is 4.65. The number of hydrogen-bond donors (Lipinski definition) is 1. The first-order valence-electron chi connectivity index (χ1n) is 8.57. The molecule has 1 N–H and O–H groups in total. The van der Waals surface area contributed by atoms with Crippen LogP contribution in [0.3, 0.4) is 0 Å². The molecule has 0 radical (unpaired) electrons. The molecule has 3 rings (SSSR count). The van der Waals surface area contributed by atoms with Crippen LogP contribution in [0.4, 0.5) is 8.78 Å². The fourth-order valence-corrected chi connectivity index (χ4v) is 3.84. The van der Waals surface area contributed by atoms with Crippen LogP contribution in [0.1, 0.15) is 47.5 Å². The van der Waals surface area contributed by atoms with E-state index in [1.807, 2.05) is 11.4 Å². The van der Waals surface area contributed by atoms with Gasteiger partial charge >= 0.3 is 0 Å². The standard InChI is InChI=1S/C19H20F2N2O2S/c1-12(13-7-8-14(20)15(21)11-13)22-18(24)16-5-2-3-9-23(16)19(25)17-6-4-10-26-17/h4,6-8,10-12,16H,2-3,5,9H2,1H3,(H,22,24). The molecule has 4 nitrogen and oxygen atoms in total. The van der Waals surface area contributed by atoms with E-state index in [2.05, 4.69) is 5.32 Å². The van der Waals surface area contributed by atoms with Gasteiger partial charge in [-0.3, -0.25) is 9.59 Å². The molecule has 1 aromatic carbocycles. The zero-order valence-electron chi connectivity index (χ0n) is 14.4. The summed E-state index contributed by atoms with van der Waals surface area (Å²) in [6.45, 7) is 2.24. The molecule has 0 spiro atoms. The number of amides is 2. The number of carbonyl (C=O) groups is 2. The molecule has 1 aliphatic rings. The van der Waals surface area contributed by atoms with Crippen molar-refractivity contribution in [1.82, 2.24) is 10.2 Å². The number of nitrogens with one attached hydrogen (secondary N) is 1. The summed E-state index contributed by atoms with van der Waals surface area (Å²) < 4.78 is 26.5. The van der Waals surface area contributed by atoms with Crippen molar-refractivity contribution in [2.24, 2.45) is 0 Å². The van der Waals surface area contributed by atoms with Gasteiger partial charge in [0, 0.05) is 6.54 Å². The van der Waals surface area contributed by atoms with Crippen LogP contribution in [0.15, 0.2) is 35.7 Å². The van der Waals surface area contributed by atoms with Gasteiger partial charge in [-0.15, -0.1) is 11.3 Å². The largest absolute Gasteiger partial charge is 0.348 e. The highest BCUT2D eigenvalue weighted by Crippen LogP contribution is 2.23. The van der Waals surface area contributed by atoms with Gasteiger partial charge in [-0.1, -0.05) is 12.1 Å². The average molecular weight is 378 g/mol. The van der Waals surface area contributed by atoms with Crippen LogP contribution >= 0.6 is 11.3 Å². The molecule has 2 atom stereocenters. The van der Waals surface area contributed by atoms with Crippen LogP contribution in [0, 0.1) is 11.6 Å². The van der Waals surface area contributed by atoms with E-state index in [0.29, 0.717) is 23.4 Å². The van der Waals surface area contributed by atoms with Gasteiger partial charge in [0.25, 0.3) is 5.91 Å². The monoisotopic (exact) mass is 378 g/mol. The van der Waals surface area contributed by atoms with Gasteiger partial charge in [0.1, 0.15) is 6.04 Å². The molecule has 1 fully saturated rings. The molecule has 2 heterocycles. The third-order valence-corrected chi connectivity index (χ3v) is 5.46. The van der Waals surface area contributed by atoms with Gasteiger partial charge in [0.05, 0.1) is 10.9 Å². The summed E-state index contributed by atoms with van der Waals surface area (Å²) in [5.74, 6) is -2.28. The highest BCUT2D eigenvalue weighted by Gasteiger charge is 2.33. The Morgan fingerprint density at radius 3 is 2.73 bits per heavy atom. The van der Waals surface area contributed by atoms with E-state index in [0.717, 1.165) is 25.0 Å². The summed E-state index contributed by atoms with van der Waals surface area (Å²) in [5.41, 5.74) is 0.476. The van der Waals surface area contributed by atoms with E-state index in [1.165, 1.54) is 17.4 Å². The second-order valence-electron chi connectivity index (χ2n) is 6.39. The minimum atomic E-state index is -0.948. The molecule has 7 heteroatoms. The van der Waals surface area contributed by atoms with Crippen molar-refractivity contribution in [1.29, 1.82) is 0 Å². The maximum absolute atomic E-state index is 13.4. The average Bonchev–Trinajstić information content (AvgIpc) is 3.18. The Hall–Kier alpha value is -2.28. The molecule has 0 saturated carbocycles. The lowest BCUT2D eigenvalue weighted by Crippen LogP contribution is -2.52. The molecule has 138 valence electrons. The van der Waals surface area contributed by atoms with E-state index in [4.69, 9.17) is 0 Å². The minimum Gasteiger partial charge on any atom is -0.348 e. The lowest BCUT2D eigenvalue weighted by atomic mass is 10.00. The molecular formula is C19H20F2N2O2S. The number of hydrogen-bond acceptors (Lipinski definition) is 3. The Bertz CT molecular complexity index is 795. The van der Waals surface area contributed by atoms with Gasteiger partial charge in [0.2, 0.25) is 5.91 Å². The predicted molar refractivity (Wildman–Crippen MR) is 95.9 cm³/mol. The Kier molecular flexibility index (Phi) is 5.66. The molecule has 2 aromatic rings. The van der Waals surface area contributed by atoms with Crippen LogP contribution in [-0.4, -0.2) is 29.3 Å². The molecule has 1 aromatic heterocycles. The van der Waals surface area contributed by atoms with Crippen LogP contribution in [0.25, 0.3) is 0 Å². The second-order valence-corrected chi connectivity index (χ2v) is 7.34. The Labute approximate surface area is 154 Å². The van der Waals surface area contributed by atoms with Crippen molar-refractivity contribution < 1.29 is 18.4 Å². The van der Waals surface area contributed by atoms with Gasteiger partial charge < -0.3 is 10.2 Å². The predicted octanol–water partition coefficient (Wildman–Crippen LogP) is 3.90. The minimum absolute atomic E-state index is 0.139. The van der Waals surface area contributed by atoms with E-state index in [9.17, 15) is 18.4 Å². The zero-order chi connectivity index (χ0) is 18.7. The molecule has 0 bridgehead atoms. The second kappa shape index (κ2) is 7.95. The summed E-state index contributed by atoms with van der Waals surface area (Å²) in [6.07, 6.45) is 2.32. The molecule has 2 amide bonds. The smallest absolute Gasteiger partial charge is 0.264 e. The molecule has 2 unspecified atom stereocenters. The number of carbonyl (C=O) groups excluding carboxylic acids is 2. The number of nitrogens with zero attached hydrogens (tertiary/aromatic N) is 1. The van der Waals surface area contributed by atoms with Crippen LogP contribution in [0.5, 0.6) is 0 Å². The van der Waals surface area contributed by atoms with Gasteiger partial charge in [0.15, 0.2) is 11.6 Å². The third-order valence-electron chi connectivity index (χ3n) is 4.60. The Morgan fingerprint density at radius 2 is 2.04 bits per heavy atom.